The topological polar surface area (TPSA) is 90.0 Å². The Morgan fingerprint density at radius 1 is 0.946 bits per heavy atom. The molecule has 7 nitrogen and oxygen atoms in total. The molecule has 2 N–H and O–H groups in total. The predicted molar refractivity (Wildman–Crippen MR) is 148 cm³/mol. The molecule has 192 valence electrons. The number of anilines is 2. The van der Waals surface area contributed by atoms with Crippen LogP contribution < -0.4 is 15.1 Å². The molecule has 1 saturated heterocycles. The van der Waals surface area contributed by atoms with Gasteiger partial charge in [0, 0.05) is 28.0 Å². The molecule has 0 spiro atoms. The summed E-state index contributed by atoms with van der Waals surface area (Å²) in [6.07, 6.45) is -0.136. The fourth-order valence-corrected chi connectivity index (χ4v) is 4.61. The van der Waals surface area contributed by atoms with Crippen molar-refractivity contribution in [2.24, 2.45) is 0 Å². The van der Waals surface area contributed by atoms with E-state index in [2.05, 4.69) is 54.2 Å². The highest BCUT2D eigenvalue weighted by Gasteiger charge is 2.40. The molecule has 0 saturated carbocycles. The third kappa shape index (κ3) is 6.02. The van der Waals surface area contributed by atoms with Crippen molar-refractivity contribution in [3.05, 3.63) is 94.0 Å². The van der Waals surface area contributed by atoms with Crippen LogP contribution in [-0.4, -0.2) is 36.1 Å². The lowest BCUT2D eigenvalue weighted by Gasteiger charge is -2.25. The van der Waals surface area contributed by atoms with E-state index in [9.17, 15) is 14.4 Å². The second-order valence-electron chi connectivity index (χ2n) is 10.1. The van der Waals surface area contributed by atoms with Gasteiger partial charge in [0.25, 0.3) is 5.91 Å². The second-order valence-corrected chi connectivity index (χ2v) is 11.0. The Kier molecular flexibility index (Phi) is 7.68. The number of amides is 3. The number of urea groups is 1. The first-order valence-corrected chi connectivity index (χ1v) is 12.9. The quantitative estimate of drug-likeness (QED) is 0.361. The van der Waals surface area contributed by atoms with Gasteiger partial charge >= 0.3 is 12.0 Å². The molecule has 0 aliphatic carbocycles. The summed E-state index contributed by atoms with van der Waals surface area (Å²) in [5, 5.41) is 11.4. The van der Waals surface area contributed by atoms with Crippen molar-refractivity contribution in [1.82, 2.24) is 5.32 Å². The molecule has 0 aromatic heterocycles. The molecule has 1 unspecified atom stereocenters. The Morgan fingerprint density at radius 3 is 2.11 bits per heavy atom. The van der Waals surface area contributed by atoms with Gasteiger partial charge < -0.3 is 10.4 Å². The lowest BCUT2D eigenvalue weighted by molar-refractivity contribution is -0.136. The number of carboxylic acids is 1. The molecular weight excluding hydrogens is 534 g/mol. The molecule has 0 radical (unpaired) electrons. The Bertz CT molecular complexity index is 1280. The highest BCUT2D eigenvalue weighted by Crippen LogP contribution is 2.38. The van der Waals surface area contributed by atoms with Gasteiger partial charge in [-0.3, -0.25) is 19.4 Å². The minimum Gasteiger partial charge on any atom is -0.481 e. The average Bonchev–Trinajstić information content (AvgIpc) is 3.20. The molecule has 3 aromatic carbocycles. The number of nitrogens with one attached hydrogen (secondary N) is 1. The van der Waals surface area contributed by atoms with Gasteiger partial charge in [-0.1, -0.05) is 61.0 Å². The zero-order chi connectivity index (χ0) is 26.7. The molecule has 1 heterocycles. The van der Waals surface area contributed by atoms with Crippen LogP contribution in [0.5, 0.6) is 0 Å². The van der Waals surface area contributed by atoms with E-state index in [1.54, 1.807) is 21.9 Å². The van der Waals surface area contributed by atoms with E-state index in [1.807, 2.05) is 48.5 Å². The molecule has 3 amide bonds. The van der Waals surface area contributed by atoms with E-state index >= 15 is 0 Å². The predicted octanol–water partition coefficient (Wildman–Crippen LogP) is 6.14. The van der Waals surface area contributed by atoms with Gasteiger partial charge in [0.2, 0.25) is 0 Å². The van der Waals surface area contributed by atoms with Crippen molar-refractivity contribution >= 4 is 45.2 Å². The van der Waals surface area contributed by atoms with Crippen LogP contribution in [0.4, 0.5) is 16.2 Å². The van der Waals surface area contributed by atoms with E-state index in [-0.39, 0.29) is 36.4 Å². The van der Waals surface area contributed by atoms with Crippen LogP contribution >= 0.6 is 15.9 Å². The van der Waals surface area contributed by atoms with Gasteiger partial charge in [-0.2, -0.15) is 0 Å². The first kappa shape index (κ1) is 26.4. The molecule has 1 atom stereocenters. The number of halogens is 1. The van der Waals surface area contributed by atoms with Gasteiger partial charge in [0.05, 0.1) is 19.0 Å². The Hall–Kier alpha value is -3.65. The minimum absolute atomic E-state index is 0.00270. The van der Waals surface area contributed by atoms with Crippen LogP contribution in [0.3, 0.4) is 0 Å². The number of carboxylic acid groups (broad SMARTS) is 1. The normalized spacial score (nSPS) is 15.7. The molecule has 1 fully saturated rings. The third-order valence-corrected chi connectivity index (χ3v) is 6.96. The smallest absolute Gasteiger partial charge is 0.329 e. The number of hydrogen-bond donors (Lipinski definition) is 2. The first-order chi connectivity index (χ1) is 17.5. The summed E-state index contributed by atoms with van der Waals surface area (Å²) in [5.74, 6) is -1.30. The summed E-state index contributed by atoms with van der Waals surface area (Å²) in [5.41, 5.74) is 4.12. The molecule has 4 rings (SSSR count). The fourth-order valence-electron chi connectivity index (χ4n) is 4.34. The lowest BCUT2D eigenvalue weighted by atomic mass is 9.87. The maximum absolute atomic E-state index is 13.7. The Balaban J connectivity index is 1.64. The summed E-state index contributed by atoms with van der Waals surface area (Å²) in [7, 11) is 0. The van der Waals surface area contributed by atoms with Crippen molar-refractivity contribution < 1.29 is 19.5 Å². The Labute approximate surface area is 225 Å². The van der Waals surface area contributed by atoms with Crippen molar-refractivity contribution in [1.29, 1.82) is 0 Å². The lowest BCUT2D eigenvalue weighted by Crippen LogP contribution is -2.32. The summed E-state index contributed by atoms with van der Waals surface area (Å²) in [6.45, 7) is 6.97. The van der Waals surface area contributed by atoms with Gasteiger partial charge in [0.1, 0.15) is 0 Å². The second kappa shape index (κ2) is 10.8. The standard InChI is InChI=1S/C29H30BrN3O4/c1-29(2,3)21-8-12-24(13-9-21)33-25(18-32(28(33)37)23-14-10-22(30)11-15-23)19-4-6-20(7-5-19)27(36)31-17-16-26(34)35/h4-15,25H,16-18H2,1-3H3,(H,31,36)(H,34,35). The van der Waals surface area contributed by atoms with Gasteiger partial charge in [0.15, 0.2) is 0 Å². The number of hydrogen-bond acceptors (Lipinski definition) is 3. The molecule has 8 heteroatoms. The van der Waals surface area contributed by atoms with Gasteiger partial charge in [-0.05, 0) is 65.1 Å². The van der Waals surface area contributed by atoms with E-state index < -0.39 is 5.97 Å². The fraction of sp³-hybridized carbons (Fsp3) is 0.276. The van der Waals surface area contributed by atoms with Crippen LogP contribution in [0.15, 0.2) is 77.3 Å². The molecule has 37 heavy (non-hydrogen) atoms. The molecule has 0 bridgehead atoms. The maximum atomic E-state index is 13.7. The number of carbonyl (C=O) groups is 3. The van der Waals surface area contributed by atoms with Gasteiger partial charge in [-0.25, -0.2) is 4.79 Å². The maximum Gasteiger partial charge on any atom is 0.329 e. The number of benzene rings is 3. The molecular formula is C29H30BrN3O4. The highest BCUT2D eigenvalue weighted by molar-refractivity contribution is 9.10. The van der Waals surface area contributed by atoms with Crippen LogP contribution in [0.2, 0.25) is 0 Å². The molecule has 1 aliphatic rings. The summed E-state index contributed by atoms with van der Waals surface area (Å²) < 4.78 is 0.936. The third-order valence-electron chi connectivity index (χ3n) is 6.44. The Morgan fingerprint density at radius 2 is 1.54 bits per heavy atom. The van der Waals surface area contributed by atoms with E-state index in [1.165, 1.54) is 5.56 Å². The van der Waals surface area contributed by atoms with E-state index in [0.717, 1.165) is 21.4 Å². The number of aliphatic carboxylic acids is 1. The number of nitrogens with zero attached hydrogens (tertiary/aromatic N) is 2. The zero-order valence-electron chi connectivity index (χ0n) is 21.1. The zero-order valence-corrected chi connectivity index (χ0v) is 22.7. The largest absolute Gasteiger partial charge is 0.481 e. The van der Waals surface area contributed by atoms with Crippen LogP contribution in [0, 0.1) is 0 Å². The van der Waals surface area contributed by atoms with Crippen LogP contribution in [0.25, 0.3) is 0 Å². The van der Waals surface area contributed by atoms with E-state index in [4.69, 9.17) is 5.11 Å². The summed E-state index contributed by atoms with van der Waals surface area (Å²) >= 11 is 3.45. The van der Waals surface area contributed by atoms with Crippen molar-refractivity contribution in [3.8, 4) is 0 Å². The van der Waals surface area contributed by atoms with E-state index in [0.29, 0.717) is 12.1 Å². The van der Waals surface area contributed by atoms with Crippen LogP contribution in [-0.2, 0) is 10.2 Å². The summed E-state index contributed by atoms with van der Waals surface area (Å²) in [6, 6.07) is 22.5. The van der Waals surface area contributed by atoms with Gasteiger partial charge in [-0.15, -0.1) is 0 Å². The molecule has 3 aromatic rings. The summed E-state index contributed by atoms with van der Waals surface area (Å²) in [4.78, 5) is 40.4. The van der Waals surface area contributed by atoms with Crippen molar-refractivity contribution in [2.45, 2.75) is 38.6 Å². The SMILES string of the molecule is CC(C)(C)c1ccc(N2C(=O)N(c3ccc(Br)cc3)CC2c2ccc(C(=O)NCCC(=O)O)cc2)cc1. The minimum atomic E-state index is -0.965. The monoisotopic (exact) mass is 563 g/mol. The van der Waals surface area contributed by atoms with Crippen molar-refractivity contribution in [3.63, 3.8) is 0 Å². The highest BCUT2D eigenvalue weighted by atomic mass is 79.9. The average molecular weight is 564 g/mol. The first-order valence-electron chi connectivity index (χ1n) is 12.1. The van der Waals surface area contributed by atoms with Crippen LogP contribution in [0.1, 0.15) is 54.7 Å². The molecule has 1 aliphatic heterocycles. The van der Waals surface area contributed by atoms with Crippen molar-refractivity contribution in [2.75, 3.05) is 22.9 Å². The number of carbonyl (C=O) groups excluding carboxylic acids is 2. The number of rotatable bonds is 7.